The summed E-state index contributed by atoms with van der Waals surface area (Å²) in [5.41, 5.74) is 0. The number of phosphoric ester groups is 2. The third-order valence-electron chi connectivity index (χ3n) is 18.1. The largest absolute Gasteiger partial charge is 0.472 e. The molecule has 0 bridgehead atoms. The summed E-state index contributed by atoms with van der Waals surface area (Å²) in [5, 5.41) is 10.6. The highest BCUT2D eigenvalue weighted by Crippen LogP contribution is 2.45. The van der Waals surface area contributed by atoms with Crippen LogP contribution in [-0.2, 0) is 65.4 Å². The first-order valence-electron chi connectivity index (χ1n) is 39.7. The van der Waals surface area contributed by atoms with Crippen molar-refractivity contribution in [1.82, 2.24) is 0 Å². The van der Waals surface area contributed by atoms with Gasteiger partial charge in [0.15, 0.2) is 12.2 Å². The van der Waals surface area contributed by atoms with Gasteiger partial charge in [-0.1, -0.05) is 349 Å². The van der Waals surface area contributed by atoms with E-state index in [1.54, 1.807) is 0 Å². The van der Waals surface area contributed by atoms with Crippen LogP contribution < -0.4 is 0 Å². The van der Waals surface area contributed by atoms with Gasteiger partial charge in [-0.3, -0.25) is 37.3 Å². The minimum absolute atomic E-state index is 0.105. The van der Waals surface area contributed by atoms with Crippen LogP contribution in [0, 0.1) is 5.92 Å². The highest BCUT2D eigenvalue weighted by Gasteiger charge is 2.30. The van der Waals surface area contributed by atoms with Gasteiger partial charge >= 0.3 is 39.5 Å². The molecule has 0 radical (unpaired) electrons. The Morgan fingerprint density at radius 1 is 0.295 bits per heavy atom. The molecule has 0 aromatic heterocycles. The van der Waals surface area contributed by atoms with E-state index in [1.165, 1.54) is 225 Å². The average Bonchev–Trinajstić information content (AvgIpc) is 2.33. The summed E-state index contributed by atoms with van der Waals surface area (Å²) in [5.74, 6) is -1.35. The molecule has 6 atom stereocenters. The van der Waals surface area contributed by atoms with Crippen molar-refractivity contribution in [2.75, 3.05) is 39.6 Å². The minimum Gasteiger partial charge on any atom is -0.462 e. The molecular formula is C76H148O17P2. The lowest BCUT2D eigenvalue weighted by Gasteiger charge is -2.21. The smallest absolute Gasteiger partial charge is 0.462 e. The normalized spacial score (nSPS) is 14.2. The van der Waals surface area contributed by atoms with E-state index in [0.29, 0.717) is 25.7 Å². The number of aliphatic hydroxyl groups is 1. The van der Waals surface area contributed by atoms with Gasteiger partial charge in [0.25, 0.3) is 0 Å². The zero-order valence-electron chi connectivity index (χ0n) is 61.8. The Kier molecular flexibility index (Phi) is 67.7. The Balaban J connectivity index is 5.22. The van der Waals surface area contributed by atoms with Gasteiger partial charge in [0.2, 0.25) is 0 Å². The molecule has 564 valence electrons. The number of carbonyl (C=O) groups excluding carboxylic acids is 4. The van der Waals surface area contributed by atoms with Crippen molar-refractivity contribution < 1.29 is 80.2 Å². The summed E-state index contributed by atoms with van der Waals surface area (Å²) in [7, 11) is -9.91. The summed E-state index contributed by atoms with van der Waals surface area (Å²) in [6, 6.07) is 0. The summed E-state index contributed by atoms with van der Waals surface area (Å²) < 4.78 is 68.5. The lowest BCUT2D eigenvalue weighted by molar-refractivity contribution is -0.161. The monoisotopic (exact) mass is 1400 g/mol. The zero-order valence-corrected chi connectivity index (χ0v) is 63.6. The molecule has 0 aliphatic rings. The molecule has 0 aliphatic heterocycles. The van der Waals surface area contributed by atoms with Gasteiger partial charge in [-0.05, 0) is 31.6 Å². The van der Waals surface area contributed by atoms with E-state index >= 15 is 0 Å². The lowest BCUT2D eigenvalue weighted by Crippen LogP contribution is -2.30. The van der Waals surface area contributed by atoms with Gasteiger partial charge in [-0.2, -0.15) is 0 Å². The van der Waals surface area contributed by atoms with Crippen LogP contribution in [0.5, 0.6) is 0 Å². The quantitative estimate of drug-likeness (QED) is 0.0222. The minimum atomic E-state index is -4.96. The first kappa shape index (κ1) is 93.1. The van der Waals surface area contributed by atoms with Gasteiger partial charge in [0.1, 0.15) is 19.3 Å². The van der Waals surface area contributed by atoms with E-state index < -0.39 is 97.5 Å². The van der Waals surface area contributed by atoms with Crippen LogP contribution >= 0.6 is 15.6 Å². The molecule has 3 N–H and O–H groups in total. The van der Waals surface area contributed by atoms with Gasteiger partial charge in [0.05, 0.1) is 26.4 Å². The molecule has 95 heavy (non-hydrogen) atoms. The predicted octanol–water partition coefficient (Wildman–Crippen LogP) is 22.5. The molecule has 17 nitrogen and oxygen atoms in total. The topological polar surface area (TPSA) is 237 Å². The molecule has 0 saturated heterocycles. The molecule has 0 spiro atoms. The second-order valence-electron chi connectivity index (χ2n) is 27.6. The summed E-state index contributed by atoms with van der Waals surface area (Å²) in [6.07, 6.45) is 58.2. The molecule has 0 aromatic rings. The Morgan fingerprint density at radius 2 is 0.505 bits per heavy atom. The van der Waals surface area contributed by atoms with Crippen LogP contribution in [0.4, 0.5) is 0 Å². The van der Waals surface area contributed by atoms with Crippen LogP contribution in [0.3, 0.4) is 0 Å². The third-order valence-corrected chi connectivity index (χ3v) is 20.0. The molecule has 0 saturated carbocycles. The van der Waals surface area contributed by atoms with Crippen LogP contribution in [0.1, 0.15) is 401 Å². The number of hydrogen-bond donors (Lipinski definition) is 3. The van der Waals surface area contributed by atoms with Crippen molar-refractivity contribution in [1.29, 1.82) is 0 Å². The molecule has 0 rings (SSSR count). The van der Waals surface area contributed by atoms with Crippen molar-refractivity contribution in [3.63, 3.8) is 0 Å². The fourth-order valence-electron chi connectivity index (χ4n) is 11.7. The van der Waals surface area contributed by atoms with E-state index in [-0.39, 0.29) is 25.7 Å². The fourth-order valence-corrected chi connectivity index (χ4v) is 13.3. The number of phosphoric acid groups is 2. The number of esters is 4. The van der Waals surface area contributed by atoms with E-state index in [1.807, 2.05) is 0 Å². The van der Waals surface area contributed by atoms with Crippen molar-refractivity contribution in [3.8, 4) is 0 Å². The molecule has 0 aromatic carbocycles. The lowest BCUT2D eigenvalue weighted by atomic mass is 9.99. The van der Waals surface area contributed by atoms with Crippen LogP contribution in [0.15, 0.2) is 0 Å². The van der Waals surface area contributed by atoms with Crippen LogP contribution in [-0.4, -0.2) is 96.7 Å². The molecule has 0 aliphatic carbocycles. The molecule has 19 heteroatoms. The third kappa shape index (κ3) is 69.0. The maximum atomic E-state index is 13.1. The highest BCUT2D eigenvalue weighted by molar-refractivity contribution is 7.47. The molecule has 0 heterocycles. The van der Waals surface area contributed by atoms with Gasteiger partial charge in [-0.25, -0.2) is 9.13 Å². The van der Waals surface area contributed by atoms with Gasteiger partial charge in [0, 0.05) is 25.7 Å². The van der Waals surface area contributed by atoms with E-state index in [0.717, 1.165) is 95.8 Å². The Bertz CT molecular complexity index is 1820. The van der Waals surface area contributed by atoms with E-state index in [2.05, 4.69) is 34.6 Å². The van der Waals surface area contributed by atoms with Crippen molar-refractivity contribution in [3.05, 3.63) is 0 Å². The standard InChI is InChI=1S/C76H148O17P2/c1-6-10-13-16-19-22-24-26-28-30-31-33-35-37-40-46-51-56-61-75(80)92-71(66-87-74(79)60-55-50-45-39-36-34-32-29-27-25-23-20-17-14-11-7-2)67-90-94(82,83)88-63-70(77)64-89-95(84,85)91-68-72(65-86-73(78)59-54-49-44-38-21-18-15-12-8-3)93-76(81)62-57-52-47-42-41-43-48-53-58-69(5)9-4/h69-72,77H,6-68H2,1-5H3,(H,82,83)(H,84,85)/t69?,70-,71-,72-/m1/s1. The Morgan fingerprint density at radius 3 is 0.747 bits per heavy atom. The maximum Gasteiger partial charge on any atom is 0.472 e. The highest BCUT2D eigenvalue weighted by atomic mass is 31.2. The number of aliphatic hydroxyl groups excluding tert-OH is 1. The predicted molar refractivity (Wildman–Crippen MR) is 386 cm³/mol. The number of rotatable bonds is 76. The maximum absolute atomic E-state index is 13.1. The van der Waals surface area contributed by atoms with Crippen LogP contribution in [0.25, 0.3) is 0 Å². The Hall–Kier alpha value is -1.94. The van der Waals surface area contributed by atoms with Crippen molar-refractivity contribution >= 4 is 39.5 Å². The van der Waals surface area contributed by atoms with E-state index in [9.17, 15) is 43.2 Å². The molecular weight excluding hydrogens is 1250 g/mol. The average molecular weight is 1400 g/mol. The van der Waals surface area contributed by atoms with E-state index in [4.69, 9.17) is 37.0 Å². The van der Waals surface area contributed by atoms with Gasteiger partial charge in [-0.15, -0.1) is 0 Å². The second-order valence-corrected chi connectivity index (χ2v) is 30.5. The summed E-state index contributed by atoms with van der Waals surface area (Å²) in [6.45, 7) is 7.28. The fraction of sp³-hybridized carbons (Fsp3) is 0.947. The molecule has 0 amide bonds. The second kappa shape index (κ2) is 69.2. The molecule has 0 fully saturated rings. The number of hydrogen-bond acceptors (Lipinski definition) is 15. The zero-order chi connectivity index (χ0) is 69.8. The van der Waals surface area contributed by atoms with Gasteiger partial charge < -0.3 is 33.8 Å². The Labute approximate surface area is 581 Å². The summed E-state index contributed by atoms with van der Waals surface area (Å²) in [4.78, 5) is 72.8. The first-order valence-corrected chi connectivity index (χ1v) is 42.7. The van der Waals surface area contributed by atoms with Crippen LogP contribution in [0.2, 0.25) is 0 Å². The van der Waals surface area contributed by atoms with Crippen molar-refractivity contribution in [2.45, 2.75) is 419 Å². The number of unbranched alkanes of at least 4 members (excludes halogenated alkanes) is 47. The SMILES string of the molecule is CCCCCCCCCCCCCCCCCCCCC(=O)O[C@H](COC(=O)CCCCCCCCCCCCCCCCCC)COP(=O)(O)OC[C@@H](O)COP(=O)(O)OC[C@@H](COC(=O)CCCCCCCCCCC)OC(=O)CCCCCCCCCCC(C)CC. The summed E-state index contributed by atoms with van der Waals surface area (Å²) >= 11 is 0. The number of carbonyl (C=O) groups is 4. The molecule has 3 unspecified atom stereocenters. The first-order chi connectivity index (χ1) is 46.1. The van der Waals surface area contributed by atoms with Crippen molar-refractivity contribution in [2.24, 2.45) is 5.92 Å². The number of ether oxygens (including phenoxy) is 4.